The molecule has 0 spiro atoms. The van der Waals surface area contributed by atoms with E-state index in [9.17, 15) is 4.79 Å². The summed E-state index contributed by atoms with van der Waals surface area (Å²) in [5.41, 5.74) is 2.70. The van der Waals surface area contributed by atoms with Crippen LogP contribution in [0.2, 0.25) is 0 Å². The first-order valence-corrected chi connectivity index (χ1v) is 2.01. The molecule has 3 N–H and O–H groups in total. The van der Waals surface area contributed by atoms with Crippen LogP contribution in [-0.2, 0) is 4.79 Å². The van der Waals surface area contributed by atoms with E-state index in [4.69, 9.17) is 13.6 Å². The quantitative estimate of drug-likeness (QED) is 0.338. The minimum Gasteiger partial charge on any atom is -0.480 e. The minimum absolute atomic E-state index is 1.39. The third-order valence-corrected chi connectivity index (χ3v) is 0.683. The highest BCUT2D eigenvalue weighted by Crippen LogP contribution is 1.80. The molecule has 0 saturated heterocycles. The number of hydrogen-bond acceptors (Lipinski definition) is 3. The molecule has 0 heterocycles. The van der Waals surface area contributed by atoms with Crippen molar-refractivity contribution in [3.63, 3.8) is 0 Å². The van der Waals surface area contributed by atoms with E-state index < -0.39 is 17.7 Å². The third-order valence-electron chi connectivity index (χ3n) is 0.405. The molecule has 0 bridgehead atoms. The number of rotatable bonds is 2. The Kier molecular flexibility index (Phi) is 1.54. The summed E-state index contributed by atoms with van der Waals surface area (Å²) in [5.74, 6) is -1.39. The molecule has 0 aromatic heterocycles. The number of nitrogens with two attached hydrogens (primary N) is 1. The first-order valence-electron chi connectivity index (χ1n) is 2.56. The molecule has 3 nitrogen and oxygen atoms in total. The minimum atomic E-state index is -2.15. The van der Waals surface area contributed by atoms with E-state index in [1.807, 2.05) is 0 Å². The van der Waals surface area contributed by atoms with Gasteiger partial charge in [-0.25, -0.2) is 0 Å². The highest BCUT2D eigenvalue weighted by atomic mass is 32.1. The van der Waals surface area contributed by atoms with Crippen LogP contribution in [0.3, 0.4) is 0 Å². The fourth-order valence-corrected chi connectivity index (χ4v) is 0.166. The van der Waals surface area contributed by atoms with Crippen molar-refractivity contribution >= 4 is 18.6 Å². The average molecular weight is 124 g/mol. The van der Waals surface area contributed by atoms with Gasteiger partial charge < -0.3 is 10.8 Å². The van der Waals surface area contributed by atoms with Crippen LogP contribution in [0.1, 0.15) is 2.74 Å². The smallest absolute Gasteiger partial charge is 0.321 e. The number of carboxylic acid groups (broad SMARTS) is 1. The fourth-order valence-electron chi connectivity index (χ4n) is 0.0552. The van der Waals surface area contributed by atoms with Crippen LogP contribution >= 0.6 is 12.6 Å². The summed E-state index contributed by atoms with van der Waals surface area (Å²) in [4.78, 5) is 9.93. The SMILES string of the molecule is [2H][13C]([2H])(S)[C@H](N)C(=O)O. The first kappa shape index (κ1) is 3.74. The van der Waals surface area contributed by atoms with E-state index in [1.165, 1.54) is 0 Å². The van der Waals surface area contributed by atoms with Crippen LogP contribution in [0.15, 0.2) is 0 Å². The zero-order valence-corrected chi connectivity index (χ0v) is 4.35. The van der Waals surface area contributed by atoms with E-state index >= 15 is 0 Å². The molecule has 0 aromatic rings. The second kappa shape index (κ2) is 2.87. The van der Waals surface area contributed by atoms with Crippen molar-refractivity contribution in [1.82, 2.24) is 0 Å². The van der Waals surface area contributed by atoms with Gasteiger partial charge in [-0.05, 0) is 0 Å². The second-order valence-electron chi connectivity index (χ2n) is 0.945. The monoisotopic (exact) mass is 124 g/mol. The second-order valence-corrected chi connectivity index (χ2v) is 1.20. The van der Waals surface area contributed by atoms with Gasteiger partial charge in [0.05, 0.1) is 0 Å². The Morgan fingerprint density at radius 1 is 2.29 bits per heavy atom. The molecule has 0 radical (unpaired) electrons. The van der Waals surface area contributed by atoms with Crippen LogP contribution in [0.25, 0.3) is 0 Å². The average Bonchev–Trinajstić information content (AvgIpc) is 1.62. The lowest BCUT2D eigenvalue weighted by molar-refractivity contribution is -0.137. The van der Waals surface area contributed by atoms with Crippen molar-refractivity contribution in [2.24, 2.45) is 5.73 Å². The summed E-state index contributed by atoms with van der Waals surface area (Å²) in [7, 11) is 0. The third kappa shape index (κ3) is 2.47. The molecule has 0 fully saturated rings. The maximum absolute atomic E-state index is 9.93. The molecule has 0 aromatic carbocycles. The van der Waals surface area contributed by atoms with E-state index in [2.05, 4.69) is 12.6 Å². The number of aliphatic carboxylic acids is 1. The Morgan fingerprint density at radius 3 is 2.71 bits per heavy atom. The van der Waals surface area contributed by atoms with E-state index in [0.29, 0.717) is 0 Å². The molecule has 0 aliphatic heterocycles. The van der Waals surface area contributed by atoms with Crippen molar-refractivity contribution in [3.8, 4) is 0 Å². The molecule has 1 atom stereocenters. The summed E-state index contributed by atoms with van der Waals surface area (Å²) in [6, 6.07) is -1.57. The van der Waals surface area contributed by atoms with E-state index in [1.54, 1.807) is 0 Å². The van der Waals surface area contributed by atoms with Crippen LogP contribution in [0.5, 0.6) is 0 Å². The maximum Gasteiger partial charge on any atom is 0.321 e. The Balaban J connectivity index is 4.04. The highest BCUT2D eigenvalue weighted by molar-refractivity contribution is 7.80. The predicted molar refractivity (Wildman–Crippen MR) is 29.5 cm³/mol. The fraction of sp³-hybridized carbons (Fsp3) is 0.667. The van der Waals surface area contributed by atoms with Crippen LogP contribution < -0.4 is 5.73 Å². The first-order chi connectivity index (χ1) is 3.85. The van der Waals surface area contributed by atoms with E-state index in [-0.39, 0.29) is 0 Å². The normalized spacial score (nSPS) is 19.7. The summed E-state index contributed by atoms with van der Waals surface area (Å²) in [6.45, 7) is 0. The number of carboxylic acids is 1. The molecular formula is C3H7NO2S. The Hall–Kier alpha value is -0.220. The van der Waals surface area contributed by atoms with Gasteiger partial charge in [-0.15, -0.1) is 0 Å². The topological polar surface area (TPSA) is 63.3 Å². The van der Waals surface area contributed by atoms with Crippen LogP contribution in [0.4, 0.5) is 0 Å². The zero-order chi connectivity index (χ0) is 7.65. The van der Waals surface area contributed by atoms with Gasteiger partial charge >= 0.3 is 5.97 Å². The van der Waals surface area contributed by atoms with Gasteiger partial charge in [0.1, 0.15) is 6.04 Å². The highest BCUT2D eigenvalue weighted by Gasteiger charge is 2.06. The molecule has 0 aliphatic carbocycles. The van der Waals surface area contributed by atoms with Gasteiger partial charge in [-0.2, -0.15) is 12.6 Å². The van der Waals surface area contributed by atoms with Gasteiger partial charge in [0.2, 0.25) is 0 Å². The molecule has 0 unspecified atom stereocenters. The number of carbonyl (C=O) groups is 1. The van der Waals surface area contributed by atoms with Crippen molar-refractivity contribution < 1.29 is 12.6 Å². The van der Waals surface area contributed by atoms with Gasteiger partial charge in [0.15, 0.2) is 0 Å². The maximum atomic E-state index is 9.93. The summed E-state index contributed by atoms with van der Waals surface area (Å²) >= 11 is 3.32. The van der Waals surface area contributed by atoms with Crippen LogP contribution in [-0.4, -0.2) is 22.8 Å². The molecular weight excluding hydrogens is 115 g/mol. The largest absolute Gasteiger partial charge is 0.480 e. The Labute approximate surface area is 49.7 Å². The molecule has 0 amide bonds. The number of thiol groups is 1. The van der Waals surface area contributed by atoms with Crippen molar-refractivity contribution in [1.29, 1.82) is 0 Å². The van der Waals surface area contributed by atoms with E-state index in [0.717, 1.165) is 0 Å². The molecule has 0 aliphatic rings. The molecule has 4 heteroatoms. The van der Waals surface area contributed by atoms with Gasteiger partial charge in [-0.1, -0.05) is 0 Å². The summed E-state index contributed by atoms with van der Waals surface area (Å²) in [5, 5.41) is 8.10. The lowest BCUT2D eigenvalue weighted by Gasteiger charge is -1.96. The van der Waals surface area contributed by atoms with Crippen molar-refractivity contribution in [3.05, 3.63) is 0 Å². The Bertz CT molecular complexity index is 123. The van der Waals surface area contributed by atoms with Crippen molar-refractivity contribution in [2.75, 3.05) is 5.70 Å². The summed E-state index contributed by atoms with van der Waals surface area (Å²) < 4.78 is 13.4. The van der Waals surface area contributed by atoms with Gasteiger partial charge in [0.25, 0.3) is 0 Å². The molecule has 0 saturated carbocycles. The van der Waals surface area contributed by atoms with Gasteiger partial charge in [0, 0.05) is 8.45 Å². The number of hydrogen-bond donors (Lipinski definition) is 3. The molecule has 42 valence electrons. The predicted octanol–water partition coefficient (Wildman–Crippen LogP) is -0.672. The summed E-state index contributed by atoms with van der Waals surface area (Å²) in [6.07, 6.45) is 0. The molecule has 0 rings (SSSR count). The Morgan fingerprint density at radius 2 is 2.71 bits per heavy atom. The lowest BCUT2D eigenvalue weighted by Crippen LogP contribution is -2.31. The van der Waals surface area contributed by atoms with Gasteiger partial charge in [-0.3, -0.25) is 4.79 Å². The molecule has 7 heavy (non-hydrogen) atoms. The lowest BCUT2D eigenvalue weighted by atomic mass is 10.5. The van der Waals surface area contributed by atoms with Crippen LogP contribution in [0, 0.1) is 0 Å². The zero-order valence-electron chi connectivity index (χ0n) is 5.46. The van der Waals surface area contributed by atoms with Crippen molar-refractivity contribution in [2.45, 2.75) is 6.04 Å². The standard InChI is InChI=1S/C3H7NO2S/c4-2(1-7)3(5)6/h2,7H,1,4H2,(H,5,6)/t2-/m0/s1/i1+1D2.